The molecule has 1 atom stereocenters. The van der Waals surface area contributed by atoms with Crippen molar-refractivity contribution in [1.29, 1.82) is 0 Å². The number of hydrogen-bond donors (Lipinski definition) is 1. The van der Waals surface area contributed by atoms with Crippen LogP contribution in [0.5, 0.6) is 0 Å². The van der Waals surface area contributed by atoms with E-state index in [9.17, 15) is 9.59 Å². The van der Waals surface area contributed by atoms with Gasteiger partial charge in [-0.05, 0) is 32.6 Å². The number of likely N-dealkylation sites (tertiary alicyclic amines) is 1. The van der Waals surface area contributed by atoms with Crippen LogP contribution in [0.25, 0.3) is 0 Å². The van der Waals surface area contributed by atoms with Crippen molar-refractivity contribution in [1.82, 2.24) is 9.80 Å². The Kier molecular flexibility index (Phi) is 4.59. The Morgan fingerprint density at radius 1 is 1.44 bits per heavy atom. The summed E-state index contributed by atoms with van der Waals surface area (Å²) in [6.45, 7) is 6.71. The van der Waals surface area contributed by atoms with Gasteiger partial charge in [-0.3, -0.25) is 0 Å². The summed E-state index contributed by atoms with van der Waals surface area (Å²) in [6.07, 6.45) is 3.23. The number of piperidine rings is 1. The molecule has 0 radical (unpaired) electrons. The number of urea groups is 1. The van der Waals surface area contributed by atoms with Crippen LogP contribution in [0, 0.1) is 5.92 Å². The van der Waals surface area contributed by atoms with E-state index in [1.54, 1.807) is 25.8 Å². The maximum absolute atomic E-state index is 12.3. The van der Waals surface area contributed by atoms with Crippen LogP contribution < -0.4 is 0 Å². The molecule has 0 aromatic carbocycles. The van der Waals surface area contributed by atoms with Crippen LogP contribution in [-0.4, -0.2) is 52.6 Å². The van der Waals surface area contributed by atoms with Gasteiger partial charge < -0.3 is 14.9 Å². The second-order valence-corrected chi connectivity index (χ2v) is 5.57. The highest BCUT2D eigenvalue weighted by Crippen LogP contribution is 2.22. The summed E-state index contributed by atoms with van der Waals surface area (Å²) in [5.74, 6) is -0.438. The van der Waals surface area contributed by atoms with E-state index < -0.39 is 11.5 Å². The lowest BCUT2D eigenvalue weighted by Gasteiger charge is -2.39. The summed E-state index contributed by atoms with van der Waals surface area (Å²) < 4.78 is 0. The first-order valence-corrected chi connectivity index (χ1v) is 6.56. The van der Waals surface area contributed by atoms with Gasteiger partial charge in [-0.2, -0.15) is 0 Å². The van der Waals surface area contributed by atoms with Gasteiger partial charge in [0.2, 0.25) is 0 Å². The third-order valence-electron chi connectivity index (χ3n) is 4.02. The van der Waals surface area contributed by atoms with Crippen molar-refractivity contribution in [3.8, 4) is 0 Å². The topological polar surface area (TPSA) is 60.9 Å². The first kappa shape index (κ1) is 14.8. The standard InChI is InChI=1S/C13H24N2O3/c1-5-10-7-6-8-15(9-10)12(18)14(4)13(2,3)11(16)17/h10H,5-9H2,1-4H3,(H,16,17). The molecule has 0 bridgehead atoms. The van der Waals surface area contributed by atoms with Crippen LogP contribution in [0.15, 0.2) is 0 Å². The van der Waals surface area contributed by atoms with E-state index in [2.05, 4.69) is 6.92 Å². The Labute approximate surface area is 109 Å². The summed E-state index contributed by atoms with van der Waals surface area (Å²) >= 11 is 0. The summed E-state index contributed by atoms with van der Waals surface area (Å²) in [6, 6.07) is -0.180. The van der Waals surface area contributed by atoms with Crippen LogP contribution in [0.4, 0.5) is 4.79 Å². The fourth-order valence-corrected chi connectivity index (χ4v) is 2.17. The smallest absolute Gasteiger partial charge is 0.329 e. The van der Waals surface area contributed by atoms with Crippen LogP contribution in [-0.2, 0) is 4.79 Å². The SMILES string of the molecule is CCC1CCCN(C(=O)N(C)C(C)(C)C(=O)O)C1. The first-order chi connectivity index (χ1) is 8.30. The molecule has 0 aromatic rings. The van der Waals surface area contributed by atoms with Gasteiger partial charge in [-0.1, -0.05) is 13.3 Å². The fraction of sp³-hybridized carbons (Fsp3) is 0.846. The predicted octanol–water partition coefficient (Wildman–Crippen LogP) is 2.02. The largest absolute Gasteiger partial charge is 0.480 e. The molecule has 1 heterocycles. The number of hydrogen-bond acceptors (Lipinski definition) is 2. The molecule has 1 aliphatic rings. The van der Waals surface area contributed by atoms with E-state index in [1.165, 1.54) is 4.90 Å². The molecule has 1 unspecified atom stereocenters. The van der Waals surface area contributed by atoms with Gasteiger partial charge in [0.1, 0.15) is 5.54 Å². The maximum atomic E-state index is 12.3. The molecule has 1 saturated heterocycles. The van der Waals surface area contributed by atoms with Crippen molar-refractivity contribution in [3.05, 3.63) is 0 Å². The van der Waals surface area contributed by atoms with Gasteiger partial charge in [0.05, 0.1) is 0 Å². The summed E-state index contributed by atoms with van der Waals surface area (Å²) in [5, 5.41) is 9.14. The molecule has 104 valence electrons. The number of aliphatic carboxylic acids is 1. The number of carbonyl (C=O) groups is 2. The third kappa shape index (κ3) is 2.94. The molecule has 5 heteroatoms. The fourth-order valence-electron chi connectivity index (χ4n) is 2.17. The van der Waals surface area contributed by atoms with E-state index in [0.29, 0.717) is 5.92 Å². The summed E-state index contributed by atoms with van der Waals surface area (Å²) in [4.78, 5) is 26.6. The van der Waals surface area contributed by atoms with Crippen LogP contribution in [0.2, 0.25) is 0 Å². The normalized spacial score (nSPS) is 20.7. The van der Waals surface area contributed by atoms with Gasteiger partial charge >= 0.3 is 12.0 Å². The zero-order valence-electron chi connectivity index (χ0n) is 11.8. The average molecular weight is 256 g/mol. The lowest BCUT2D eigenvalue weighted by atomic mass is 9.95. The highest BCUT2D eigenvalue weighted by molar-refractivity contribution is 5.85. The van der Waals surface area contributed by atoms with E-state index in [-0.39, 0.29) is 6.03 Å². The Hall–Kier alpha value is -1.26. The first-order valence-electron chi connectivity index (χ1n) is 6.56. The minimum absolute atomic E-state index is 0.180. The minimum atomic E-state index is -1.17. The molecule has 1 N–H and O–H groups in total. The predicted molar refractivity (Wildman–Crippen MR) is 69.5 cm³/mol. The second-order valence-electron chi connectivity index (χ2n) is 5.57. The molecule has 1 rings (SSSR count). The van der Waals surface area contributed by atoms with Crippen molar-refractivity contribution in [2.45, 2.75) is 45.6 Å². The number of rotatable bonds is 3. The maximum Gasteiger partial charge on any atom is 0.329 e. The number of carboxylic acid groups (broad SMARTS) is 1. The van der Waals surface area contributed by atoms with Crippen LogP contribution >= 0.6 is 0 Å². The van der Waals surface area contributed by atoms with Crippen molar-refractivity contribution in [2.75, 3.05) is 20.1 Å². The Morgan fingerprint density at radius 2 is 2.06 bits per heavy atom. The summed E-state index contributed by atoms with van der Waals surface area (Å²) in [5.41, 5.74) is -1.17. The molecule has 5 nitrogen and oxygen atoms in total. The van der Waals surface area contributed by atoms with Crippen LogP contribution in [0.3, 0.4) is 0 Å². The Bertz CT molecular complexity index is 328. The van der Waals surface area contributed by atoms with E-state index in [4.69, 9.17) is 5.11 Å². The summed E-state index contributed by atoms with van der Waals surface area (Å²) in [7, 11) is 1.56. The highest BCUT2D eigenvalue weighted by Gasteiger charge is 2.37. The third-order valence-corrected chi connectivity index (χ3v) is 4.02. The van der Waals surface area contributed by atoms with Gasteiger partial charge in [0.25, 0.3) is 0 Å². The van der Waals surface area contributed by atoms with Crippen molar-refractivity contribution >= 4 is 12.0 Å². The Balaban J connectivity index is 2.72. The van der Waals surface area contributed by atoms with Crippen molar-refractivity contribution in [2.24, 2.45) is 5.92 Å². The molecule has 0 saturated carbocycles. The van der Waals surface area contributed by atoms with Gasteiger partial charge in [0.15, 0.2) is 0 Å². The zero-order valence-corrected chi connectivity index (χ0v) is 11.8. The number of amides is 2. The second kappa shape index (κ2) is 5.59. The van der Waals surface area contributed by atoms with Crippen molar-refractivity contribution < 1.29 is 14.7 Å². The zero-order chi connectivity index (χ0) is 13.9. The average Bonchev–Trinajstić information content (AvgIpc) is 2.36. The Morgan fingerprint density at radius 3 is 2.56 bits per heavy atom. The molecule has 1 fully saturated rings. The number of carboxylic acids is 1. The van der Waals surface area contributed by atoms with Crippen molar-refractivity contribution in [3.63, 3.8) is 0 Å². The molecular weight excluding hydrogens is 232 g/mol. The van der Waals surface area contributed by atoms with E-state index in [0.717, 1.165) is 32.4 Å². The number of nitrogens with zero attached hydrogens (tertiary/aromatic N) is 2. The molecule has 18 heavy (non-hydrogen) atoms. The molecule has 0 spiro atoms. The lowest BCUT2D eigenvalue weighted by molar-refractivity contribution is -0.147. The quantitative estimate of drug-likeness (QED) is 0.840. The van der Waals surface area contributed by atoms with E-state index >= 15 is 0 Å². The van der Waals surface area contributed by atoms with Gasteiger partial charge in [-0.25, -0.2) is 9.59 Å². The highest BCUT2D eigenvalue weighted by atomic mass is 16.4. The molecular formula is C13H24N2O3. The molecule has 2 amide bonds. The monoisotopic (exact) mass is 256 g/mol. The number of carbonyl (C=O) groups excluding carboxylic acids is 1. The van der Waals surface area contributed by atoms with Crippen LogP contribution in [0.1, 0.15) is 40.0 Å². The van der Waals surface area contributed by atoms with Gasteiger partial charge in [-0.15, -0.1) is 0 Å². The minimum Gasteiger partial charge on any atom is -0.480 e. The van der Waals surface area contributed by atoms with E-state index in [1.807, 2.05) is 0 Å². The molecule has 1 aliphatic heterocycles. The number of likely N-dealkylation sites (N-methyl/N-ethyl adjacent to an activating group) is 1. The van der Waals surface area contributed by atoms with Gasteiger partial charge in [0, 0.05) is 20.1 Å². The molecule has 0 aliphatic carbocycles. The lowest BCUT2D eigenvalue weighted by Crippen LogP contribution is -2.56. The molecule has 0 aromatic heterocycles.